The van der Waals surface area contributed by atoms with Crippen LogP contribution in [0.2, 0.25) is 0 Å². The number of likely N-dealkylation sites (tertiary alicyclic amines) is 1. The quantitative estimate of drug-likeness (QED) is 0.248. The smallest absolute Gasteiger partial charge is 0.358 e. The number of Topliss-reactive ketones (excluding diaryl/α,β-unsaturated/α-hetero) is 1. The number of aromatic nitrogens is 3. The van der Waals surface area contributed by atoms with Crippen molar-refractivity contribution in [2.45, 2.75) is 37.2 Å². The number of rotatable bonds is 4. The molecule has 2 aliphatic rings. The molecule has 0 N–H and O–H groups in total. The van der Waals surface area contributed by atoms with E-state index in [2.05, 4.69) is 15.0 Å². The van der Waals surface area contributed by atoms with E-state index in [0.29, 0.717) is 43.5 Å². The number of amides is 1. The van der Waals surface area contributed by atoms with Crippen LogP contribution in [0.5, 0.6) is 0 Å². The van der Waals surface area contributed by atoms with Crippen LogP contribution in [0.3, 0.4) is 0 Å². The maximum absolute atomic E-state index is 13.7. The largest absolute Gasteiger partial charge is 0.416 e. The monoisotopic (exact) mass is 613 g/mol. The van der Waals surface area contributed by atoms with Crippen molar-refractivity contribution < 1.29 is 35.9 Å². The molecule has 1 spiro atoms. The number of carbonyl (C=O) groups excluding carboxylic acids is 2. The Bertz CT molecular complexity index is 1660. The Hall–Kier alpha value is -4.68. The average molecular weight is 614 g/mol. The van der Waals surface area contributed by atoms with Crippen molar-refractivity contribution in [1.82, 2.24) is 19.7 Å². The molecule has 13 heteroatoms. The summed E-state index contributed by atoms with van der Waals surface area (Å²) in [5.74, 6) is -0.448. The number of hydrogen-bond donors (Lipinski definition) is 0. The van der Waals surface area contributed by atoms with Gasteiger partial charge in [-0.05, 0) is 61.4 Å². The number of benzene rings is 2. The highest BCUT2D eigenvalue weighted by Crippen LogP contribution is 2.40. The normalized spacial score (nSPS) is 17.0. The predicted octanol–water partition coefficient (Wildman–Crippen LogP) is 6.43. The number of halogens is 6. The zero-order valence-electron chi connectivity index (χ0n) is 23.1. The second-order valence-corrected chi connectivity index (χ2v) is 10.8. The summed E-state index contributed by atoms with van der Waals surface area (Å²) >= 11 is 0. The molecule has 2 aromatic heterocycles. The fourth-order valence-electron chi connectivity index (χ4n) is 6.06. The molecule has 228 valence electrons. The Morgan fingerprint density at radius 3 is 1.98 bits per heavy atom. The summed E-state index contributed by atoms with van der Waals surface area (Å²) in [7, 11) is 0. The topological polar surface area (TPSA) is 71.3 Å². The van der Waals surface area contributed by atoms with Gasteiger partial charge in [-0.25, -0.2) is 4.68 Å². The molecular weight excluding hydrogens is 588 g/mol. The molecule has 2 fully saturated rings. The Morgan fingerprint density at radius 1 is 0.773 bits per heavy atom. The molecular formula is C31H25F6N5O2. The fourth-order valence-corrected chi connectivity index (χ4v) is 6.06. The van der Waals surface area contributed by atoms with Crippen LogP contribution in [0.1, 0.15) is 40.9 Å². The van der Waals surface area contributed by atoms with Gasteiger partial charge in [0, 0.05) is 49.7 Å². The third kappa shape index (κ3) is 5.31. The number of nitrogens with zero attached hydrogens (tertiary/aromatic N) is 5. The van der Waals surface area contributed by atoms with Gasteiger partial charge in [-0.15, -0.1) is 0 Å². The number of anilines is 1. The summed E-state index contributed by atoms with van der Waals surface area (Å²) in [6.45, 7) is 0.994. The standard InChI is InChI=1S/C31H25F6N5O2/c32-30(33,34)21-16-22(31(35,36)37)18-24(17-21)42-26(20-6-11-38-12-7-20)19-25(39-42)28(44)40-14-9-29(10-15-40)27(43)8-13-41(29)23-4-2-1-3-5-23/h1-7,11-12,16-19H,8-10,13-15H2. The van der Waals surface area contributed by atoms with Gasteiger partial charge in [-0.1, -0.05) is 18.2 Å². The van der Waals surface area contributed by atoms with Gasteiger partial charge < -0.3 is 9.80 Å². The zero-order valence-corrected chi connectivity index (χ0v) is 23.1. The minimum atomic E-state index is -5.06. The molecule has 4 heterocycles. The Balaban J connectivity index is 1.35. The minimum Gasteiger partial charge on any atom is -0.358 e. The van der Waals surface area contributed by atoms with Crippen molar-refractivity contribution in [3.63, 3.8) is 0 Å². The first-order valence-corrected chi connectivity index (χ1v) is 13.8. The summed E-state index contributed by atoms with van der Waals surface area (Å²) < 4.78 is 82.8. The third-order valence-corrected chi connectivity index (χ3v) is 8.27. The highest BCUT2D eigenvalue weighted by molar-refractivity contribution is 5.97. The number of piperidine rings is 1. The van der Waals surface area contributed by atoms with Crippen LogP contribution >= 0.6 is 0 Å². The Labute approximate surface area is 247 Å². The molecule has 44 heavy (non-hydrogen) atoms. The van der Waals surface area contributed by atoms with E-state index in [1.54, 1.807) is 0 Å². The van der Waals surface area contributed by atoms with E-state index in [4.69, 9.17) is 0 Å². The number of ketones is 1. The van der Waals surface area contributed by atoms with Crippen molar-refractivity contribution in [3.8, 4) is 16.9 Å². The molecule has 7 nitrogen and oxygen atoms in total. The summed E-state index contributed by atoms with van der Waals surface area (Å²) in [4.78, 5) is 34.3. The van der Waals surface area contributed by atoms with Crippen LogP contribution in [-0.4, -0.2) is 56.5 Å². The molecule has 0 saturated carbocycles. The first kappa shape index (κ1) is 29.4. The van der Waals surface area contributed by atoms with E-state index >= 15 is 0 Å². The second kappa shape index (κ2) is 10.8. The van der Waals surface area contributed by atoms with Crippen LogP contribution in [0, 0.1) is 0 Å². The number of pyridine rings is 1. The molecule has 2 saturated heterocycles. The Kier molecular flexibility index (Phi) is 7.21. The van der Waals surface area contributed by atoms with Crippen molar-refractivity contribution in [2.75, 3.05) is 24.5 Å². The first-order chi connectivity index (χ1) is 20.9. The number of carbonyl (C=O) groups is 2. The van der Waals surface area contributed by atoms with Gasteiger partial charge in [0.1, 0.15) is 5.54 Å². The van der Waals surface area contributed by atoms with Gasteiger partial charge in [0.05, 0.1) is 22.5 Å². The molecule has 6 rings (SSSR count). The lowest BCUT2D eigenvalue weighted by Crippen LogP contribution is -2.56. The molecule has 0 unspecified atom stereocenters. The fraction of sp³-hybridized carbons (Fsp3) is 0.290. The average Bonchev–Trinajstić information content (AvgIpc) is 3.59. The Morgan fingerprint density at radius 2 is 1.39 bits per heavy atom. The van der Waals surface area contributed by atoms with Crippen molar-refractivity contribution >= 4 is 17.4 Å². The van der Waals surface area contributed by atoms with Crippen LogP contribution < -0.4 is 4.90 Å². The predicted molar refractivity (Wildman–Crippen MR) is 148 cm³/mol. The maximum Gasteiger partial charge on any atom is 0.416 e. The van der Waals surface area contributed by atoms with Crippen molar-refractivity contribution in [1.29, 1.82) is 0 Å². The summed E-state index contributed by atoms with van der Waals surface area (Å²) in [6, 6.07) is 15.1. The molecule has 0 aliphatic carbocycles. The first-order valence-electron chi connectivity index (χ1n) is 13.8. The zero-order chi connectivity index (χ0) is 31.3. The van der Waals surface area contributed by atoms with Crippen LogP contribution in [0.4, 0.5) is 32.0 Å². The summed E-state index contributed by atoms with van der Waals surface area (Å²) in [5, 5.41) is 4.24. The van der Waals surface area contributed by atoms with Gasteiger partial charge in [-0.3, -0.25) is 14.6 Å². The summed E-state index contributed by atoms with van der Waals surface area (Å²) in [5.41, 5.74) is -3.02. The number of para-hydroxylation sites is 1. The van der Waals surface area contributed by atoms with Crippen LogP contribution in [0.15, 0.2) is 79.1 Å². The lowest BCUT2D eigenvalue weighted by atomic mass is 9.83. The van der Waals surface area contributed by atoms with Gasteiger partial charge in [-0.2, -0.15) is 31.4 Å². The van der Waals surface area contributed by atoms with Gasteiger partial charge >= 0.3 is 12.4 Å². The van der Waals surface area contributed by atoms with E-state index < -0.39 is 40.6 Å². The second-order valence-electron chi connectivity index (χ2n) is 10.8. The van der Waals surface area contributed by atoms with E-state index in [9.17, 15) is 35.9 Å². The lowest BCUT2D eigenvalue weighted by Gasteiger charge is -2.44. The van der Waals surface area contributed by atoms with E-state index in [-0.39, 0.29) is 36.3 Å². The van der Waals surface area contributed by atoms with E-state index in [0.717, 1.165) is 10.4 Å². The minimum absolute atomic E-state index is 0.0395. The summed E-state index contributed by atoms with van der Waals surface area (Å²) in [6.07, 6.45) is -6.19. The molecule has 0 radical (unpaired) electrons. The molecule has 2 aromatic carbocycles. The van der Waals surface area contributed by atoms with Crippen LogP contribution in [-0.2, 0) is 17.1 Å². The van der Waals surface area contributed by atoms with Gasteiger partial charge in [0.2, 0.25) is 0 Å². The lowest BCUT2D eigenvalue weighted by molar-refractivity contribution is -0.143. The van der Waals surface area contributed by atoms with Crippen LogP contribution in [0.25, 0.3) is 16.9 Å². The molecule has 4 aromatic rings. The van der Waals surface area contributed by atoms with Crippen molar-refractivity contribution in [2.24, 2.45) is 0 Å². The molecule has 1 amide bonds. The highest BCUT2D eigenvalue weighted by Gasteiger charge is 2.50. The van der Waals surface area contributed by atoms with Gasteiger partial charge in [0.15, 0.2) is 11.5 Å². The highest BCUT2D eigenvalue weighted by atomic mass is 19.4. The number of alkyl halides is 6. The van der Waals surface area contributed by atoms with E-state index in [1.807, 2.05) is 30.3 Å². The van der Waals surface area contributed by atoms with Gasteiger partial charge in [0.25, 0.3) is 5.91 Å². The molecule has 2 aliphatic heterocycles. The molecule has 0 atom stereocenters. The van der Waals surface area contributed by atoms with E-state index in [1.165, 1.54) is 35.5 Å². The molecule has 0 bridgehead atoms. The SMILES string of the molecule is O=C(c1cc(-c2ccncc2)n(-c2cc(C(F)(F)F)cc(C(F)(F)F)c2)n1)N1CCC2(CC1)C(=O)CCN2c1ccccc1. The maximum atomic E-state index is 13.7. The third-order valence-electron chi connectivity index (χ3n) is 8.27. The number of hydrogen-bond acceptors (Lipinski definition) is 5. The van der Waals surface area contributed by atoms with Crippen molar-refractivity contribution in [3.05, 3.63) is 95.9 Å².